The molecule has 1 N–H and O–H groups in total. The molecule has 0 radical (unpaired) electrons. The molecule has 0 spiro atoms. The number of rotatable bonds is 4. The highest BCUT2D eigenvalue weighted by Crippen LogP contribution is 2.40. The van der Waals surface area contributed by atoms with Crippen LogP contribution < -0.4 is 4.74 Å². The molecule has 4 heteroatoms. The van der Waals surface area contributed by atoms with Gasteiger partial charge in [-0.15, -0.1) is 0 Å². The summed E-state index contributed by atoms with van der Waals surface area (Å²) in [4.78, 5) is 2.56. The Morgan fingerprint density at radius 3 is 2.94 bits per heavy atom. The molecule has 1 unspecified atom stereocenters. The van der Waals surface area contributed by atoms with Gasteiger partial charge in [-0.3, -0.25) is 5.10 Å². The molecule has 1 atom stereocenters. The standard InChI is InChI=1S/C13H21N3O/c1-2-7-17-12-8-14-15-13(12)11-9-16-5-3-10(11)4-6-16/h8,10-11H,2-7,9H2,1H3,(H,14,15). The maximum Gasteiger partial charge on any atom is 0.160 e. The maximum absolute atomic E-state index is 5.77. The SMILES string of the molecule is CCCOc1cn[nH]c1C1CN2CCC1CC2. The Morgan fingerprint density at radius 2 is 2.29 bits per heavy atom. The minimum absolute atomic E-state index is 0.604. The fourth-order valence-electron chi connectivity index (χ4n) is 3.17. The lowest BCUT2D eigenvalue weighted by molar-refractivity contribution is 0.0839. The van der Waals surface area contributed by atoms with Crippen LogP contribution >= 0.6 is 0 Å². The largest absolute Gasteiger partial charge is 0.490 e. The zero-order valence-electron chi connectivity index (χ0n) is 10.5. The van der Waals surface area contributed by atoms with Gasteiger partial charge >= 0.3 is 0 Å². The average molecular weight is 235 g/mol. The van der Waals surface area contributed by atoms with Gasteiger partial charge in [-0.1, -0.05) is 6.92 Å². The van der Waals surface area contributed by atoms with E-state index in [1.54, 1.807) is 0 Å². The van der Waals surface area contributed by atoms with Crippen molar-refractivity contribution in [2.75, 3.05) is 26.2 Å². The molecule has 2 bridgehead atoms. The van der Waals surface area contributed by atoms with Crippen molar-refractivity contribution in [3.63, 3.8) is 0 Å². The van der Waals surface area contributed by atoms with Crippen LogP contribution in [0.3, 0.4) is 0 Å². The molecule has 3 aliphatic rings. The first-order chi connectivity index (χ1) is 8.38. The van der Waals surface area contributed by atoms with Crippen LogP contribution in [0.5, 0.6) is 5.75 Å². The summed E-state index contributed by atoms with van der Waals surface area (Å²) < 4.78 is 5.77. The van der Waals surface area contributed by atoms with E-state index in [9.17, 15) is 0 Å². The van der Waals surface area contributed by atoms with E-state index in [4.69, 9.17) is 4.74 Å². The van der Waals surface area contributed by atoms with Gasteiger partial charge in [0.25, 0.3) is 0 Å². The van der Waals surface area contributed by atoms with E-state index >= 15 is 0 Å². The molecule has 0 amide bonds. The molecule has 94 valence electrons. The Bertz CT molecular complexity index is 368. The van der Waals surface area contributed by atoms with Crippen LogP contribution in [0.15, 0.2) is 6.20 Å². The van der Waals surface area contributed by atoms with E-state index in [-0.39, 0.29) is 0 Å². The van der Waals surface area contributed by atoms with Crippen molar-refractivity contribution >= 4 is 0 Å². The molecule has 0 aliphatic carbocycles. The zero-order valence-corrected chi connectivity index (χ0v) is 10.5. The third kappa shape index (κ3) is 2.06. The molecule has 4 rings (SSSR count). The topological polar surface area (TPSA) is 41.1 Å². The van der Waals surface area contributed by atoms with Crippen molar-refractivity contribution in [3.8, 4) is 5.75 Å². The Labute approximate surface area is 102 Å². The summed E-state index contributed by atoms with van der Waals surface area (Å²) >= 11 is 0. The second-order valence-corrected chi connectivity index (χ2v) is 5.24. The molecule has 0 saturated carbocycles. The van der Waals surface area contributed by atoms with Gasteiger partial charge in [-0.2, -0.15) is 5.10 Å². The highest BCUT2D eigenvalue weighted by atomic mass is 16.5. The fourth-order valence-corrected chi connectivity index (χ4v) is 3.17. The number of nitrogens with one attached hydrogen (secondary N) is 1. The number of ether oxygens (including phenoxy) is 1. The number of H-pyrrole nitrogens is 1. The van der Waals surface area contributed by atoms with Crippen molar-refractivity contribution in [2.24, 2.45) is 5.92 Å². The molecule has 3 fully saturated rings. The Morgan fingerprint density at radius 1 is 1.47 bits per heavy atom. The second kappa shape index (κ2) is 4.69. The molecule has 17 heavy (non-hydrogen) atoms. The predicted octanol–water partition coefficient (Wildman–Crippen LogP) is 2.01. The highest BCUT2D eigenvalue weighted by Gasteiger charge is 2.37. The number of fused-ring (bicyclic) bond motifs is 3. The van der Waals surface area contributed by atoms with Crippen LogP contribution in [0.25, 0.3) is 0 Å². The summed E-state index contributed by atoms with van der Waals surface area (Å²) in [5, 5.41) is 7.33. The molecule has 1 aromatic rings. The Hall–Kier alpha value is -1.03. The van der Waals surface area contributed by atoms with E-state index in [1.807, 2.05) is 6.20 Å². The Balaban J connectivity index is 1.77. The summed E-state index contributed by atoms with van der Waals surface area (Å²) in [7, 11) is 0. The fraction of sp³-hybridized carbons (Fsp3) is 0.769. The minimum atomic E-state index is 0.604. The molecule has 4 nitrogen and oxygen atoms in total. The smallest absolute Gasteiger partial charge is 0.160 e. The van der Waals surface area contributed by atoms with E-state index in [2.05, 4.69) is 22.0 Å². The molecular weight excluding hydrogens is 214 g/mol. The first-order valence-corrected chi connectivity index (χ1v) is 6.77. The van der Waals surface area contributed by atoms with Gasteiger partial charge in [0, 0.05) is 12.5 Å². The van der Waals surface area contributed by atoms with Crippen LogP contribution in [0.1, 0.15) is 37.8 Å². The van der Waals surface area contributed by atoms with Crippen molar-refractivity contribution in [1.82, 2.24) is 15.1 Å². The monoisotopic (exact) mass is 235 g/mol. The van der Waals surface area contributed by atoms with Crippen molar-refractivity contribution in [2.45, 2.75) is 32.1 Å². The first kappa shape index (κ1) is 11.1. The lowest BCUT2D eigenvalue weighted by Crippen LogP contribution is -2.46. The summed E-state index contributed by atoms with van der Waals surface area (Å²) in [6.07, 6.45) is 5.54. The van der Waals surface area contributed by atoms with E-state index in [1.165, 1.54) is 38.2 Å². The van der Waals surface area contributed by atoms with Gasteiger partial charge in [0.2, 0.25) is 0 Å². The average Bonchev–Trinajstić information content (AvgIpc) is 2.86. The zero-order chi connectivity index (χ0) is 11.7. The van der Waals surface area contributed by atoms with Crippen LogP contribution in [-0.2, 0) is 0 Å². The number of piperidine rings is 3. The summed E-state index contributed by atoms with van der Waals surface area (Å²) in [6, 6.07) is 0. The van der Waals surface area contributed by atoms with Crippen LogP contribution in [0.4, 0.5) is 0 Å². The lowest BCUT2D eigenvalue weighted by atomic mass is 9.77. The molecule has 3 saturated heterocycles. The molecule has 1 aromatic heterocycles. The van der Waals surface area contributed by atoms with Gasteiger partial charge in [-0.25, -0.2) is 0 Å². The van der Waals surface area contributed by atoms with E-state index < -0.39 is 0 Å². The third-order valence-corrected chi connectivity index (χ3v) is 4.12. The molecule has 0 aromatic carbocycles. The van der Waals surface area contributed by atoms with Crippen molar-refractivity contribution in [1.29, 1.82) is 0 Å². The normalized spacial score (nSPS) is 31.7. The van der Waals surface area contributed by atoms with Crippen molar-refractivity contribution < 1.29 is 4.74 Å². The van der Waals surface area contributed by atoms with Gasteiger partial charge in [0.1, 0.15) is 0 Å². The van der Waals surface area contributed by atoms with Crippen LogP contribution in [-0.4, -0.2) is 41.3 Å². The van der Waals surface area contributed by atoms with Crippen LogP contribution in [0.2, 0.25) is 0 Å². The van der Waals surface area contributed by atoms with Gasteiger partial charge in [0.15, 0.2) is 5.75 Å². The minimum Gasteiger partial charge on any atom is -0.490 e. The lowest BCUT2D eigenvalue weighted by Gasteiger charge is -2.44. The Kier molecular flexibility index (Phi) is 3.05. The number of aromatic nitrogens is 2. The first-order valence-electron chi connectivity index (χ1n) is 6.77. The number of hydrogen-bond acceptors (Lipinski definition) is 3. The summed E-state index contributed by atoms with van der Waals surface area (Å²) in [5.41, 5.74) is 1.23. The number of aromatic amines is 1. The van der Waals surface area contributed by atoms with E-state index in [0.29, 0.717) is 5.92 Å². The quantitative estimate of drug-likeness (QED) is 0.868. The van der Waals surface area contributed by atoms with Crippen molar-refractivity contribution in [3.05, 3.63) is 11.9 Å². The maximum atomic E-state index is 5.77. The number of nitrogens with zero attached hydrogens (tertiary/aromatic N) is 2. The van der Waals surface area contributed by atoms with Gasteiger partial charge < -0.3 is 9.64 Å². The highest BCUT2D eigenvalue weighted by molar-refractivity contribution is 5.29. The summed E-state index contributed by atoms with van der Waals surface area (Å²) in [5.74, 6) is 2.40. The summed E-state index contributed by atoms with van der Waals surface area (Å²) in [6.45, 7) is 6.65. The molecular formula is C13H21N3O. The molecule has 3 aliphatic heterocycles. The van der Waals surface area contributed by atoms with Gasteiger partial charge in [0.05, 0.1) is 18.5 Å². The van der Waals surface area contributed by atoms with Crippen LogP contribution in [0, 0.1) is 5.92 Å². The third-order valence-electron chi connectivity index (χ3n) is 4.12. The molecule has 4 heterocycles. The number of hydrogen-bond donors (Lipinski definition) is 1. The van der Waals surface area contributed by atoms with E-state index in [0.717, 1.165) is 24.7 Å². The van der Waals surface area contributed by atoms with Gasteiger partial charge in [-0.05, 0) is 38.3 Å². The predicted molar refractivity (Wildman–Crippen MR) is 66.3 cm³/mol. The second-order valence-electron chi connectivity index (χ2n) is 5.24.